The van der Waals surface area contributed by atoms with Crippen LogP contribution in [0, 0.1) is 17.8 Å². The highest BCUT2D eigenvalue weighted by molar-refractivity contribution is 5.99. The fraction of sp³-hybridized carbons (Fsp3) is 0.736. The van der Waals surface area contributed by atoms with Crippen LogP contribution in [0.25, 0.3) is 0 Å². The molecule has 0 saturated carbocycles. The molecule has 30 nitrogen and oxygen atoms in total. The number of carbonyl (C=O) groups is 14. The molecule has 0 spiro atoms. The Labute approximate surface area is 482 Å². The van der Waals surface area contributed by atoms with Crippen molar-refractivity contribution >= 4 is 82.9 Å². The summed E-state index contributed by atoms with van der Waals surface area (Å²) in [6.07, 6.45) is -0.916. The Morgan fingerprint density at radius 1 is 0.482 bits per heavy atom. The van der Waals surface area contributed by atoms with Crippen LogP contribution >= 0.6 is 0 Å². The molecule has 0 aromatic carbocycles. The van der Waals surface area contributed by atoms with Crippen molar-refractivity contribution in [1.29, 1.82) is 0 Å². The molecule has 30 heteroatoms. The lowest BCUT2D eigenvalue weighted by atomic mass is 9.98. The average Bonchev–Trinajstić information content (AvgIpc) is 4.36. The quantitative estimate of drug-likeness (QED) is 0.0275. The summed E-state index contributed by atoms with van der Waals surface area (Å²) in [6.45, 7) is 13.1. The van der Waals surface area contributed by atoms with Gasteiger partial charge in [-0.1, -0.05) is 41.5 Å². The predicted molar refractivity (Wildman–Crippen MR) is 296 cm³/mol. The fourth-order valence-corrected chi connectivity index (χ4v) is 9.37. The first kappa shape index (κ1) is 71.6. The van der Waals surface area contributed by atoms with Gasteiger partial charge in [-0.15, -0.1) is 0 Å². The predicted octanol–water partition coefficient (Wildman–Crippen LogP) is -3.22. The van der Waals surface area contributed by atoms with Crippen molar-refractivity contribution in [3.05, 3.63) is 0 Å². The standard InChI is InChI=1S/C53H89N13O17/c1-26(2)25-35(62-48(77)36-14-12-24-66(36)52(81)42(28(5)6)64-49(78)37-15-11-23-65(37)51(80)34(18-21-40(70)71)61-43(72)29(7)55)47(76)63-41(27(3)4)50(79)60-31(13-9-10-22-54)45(74)58-32(16-19-38(56)67)46(75)59-33(17-20-39(68)69)44(73)57-30(8)53(82)83/h26-37,41-42H,9-25,54-55H2,1-8H3,(H2,56,67)(H,57,73)(H,58,74)(H,59,75)(H,60,79)(H,61,72)(H,62,77)(H,63,76)(H,64,78)(H,68,69)(H,70,71)(H,82,83)/t29-,30-,31-,32-,33-,34-,35-,36-,37-,41-,42-/m0/s1. The fourth-order valence-electron chi connectivity index (χ4n) is 9.37. The highest BCUT2D eigenvalue weighted by Crippen LogP contribution is 2.24. The Morgan fingerprint density at radius 2 is 0.916 bits per heavy atom. The van der Waals surface area contributed by atoms with Gasteiger partial charge in [-0.2, -0.15) is 0 Å². The van der Waals surface area contributed by atoms with E-state index in [1.54, 1.807) is 41.5 Å². The molecule has 0 aliphatic carbocycles. The monoisotopic (exact) mass is 1180 g/mol. The van der Waals surface area contributed by atoms with E-state index in [-0.39, 0.29) is 64.1 Å². The molecule has 0 bridgehead atoms. The number of aliphatic carboxylic acids is 3. The van der Waals surface area contributed by atoms with Crippen LogP contribution in [0.3, 0.4) is 0 Å². The number of hydrogen-bond donors (Lipinski definition) is 14. The van der Waals surface area contributed by atoms with Gasteiger partial charge < -0.3 is 84.9 Å². The van der Waals surface area contributed by atoms with Gasteiger partial charge in [0, 0.05) is 32.4 Å². The lowest BCUT2D eigenvalue weighted by Gasteiger charge is -2.33. The van der Waals surface area contributed by atoms with Gasteiger partial charge in [0.15, 0.2) is 0 Å². The number of nitrogens with two attached hydrogens (primary N) is 3. The summed E-state index contributed by atoms with van der Waals surface area (Å²) in [6, 6.07) is -14.3. The first-order valence-electron chi connectivity index (χ1n) is 28.3. The van der Waals surface area contributed by atoms with Crippen molar-refractivity contribution < 1.29 is 82.4 Å². The van der Waals surface area contributed by atoms with Crippen molar-refractivity contribution in [1.82, 2.24) is 52.3 Å². The van der Waals surface area contributed by atoms with Crippen LogP contribution < -0.4 is 59.7 Å². The highest BCUT2D eigenvalue weighted by Gasteiger charge is 2.44. The molecule has 2 aliphatic rings. The molecule has 0 unspecified atom stereocenters. The van der Waals surface area contributed by atoms with Crippen LogP contribution in [0.2, 0.25) is 0 Å². The number of primary amides is 1. The average molecular weight is 1180 g/mol. The Kier molecular flexibility index (Phi) is 30.0. The number of amides is 11. The number of hydrogen-bond acceptors (Lipinski definition) is 16. The third kappa shape index (κ3) is 23.7. The minimum Gasteiger partial charge on any atom is -0.481 e. The molecule has 2 fully saturated rings. The second-order valence-electron chi connectivity index (χ2n) is 22.3. The van der Waals surface area contributed by atoms with Gasteiger partial charge in [0.2, 0.25) is 65.0 Å². The first-order valence-corrected chi connectivity index (χ1v) is 28.3. The molecule has 2 aliphatic heterocycles. The SMILES string of the molecule is CC(C)C[C@H](NC(=O)[C@@H]1CCCN1C(=O)[C@@H](NC(=O)[C@@H]1CCCN1C(=O)[C@H](CCC(=O)O)NC(=O)[C@H](C)N)C(C)C)C(=O)N[C@H](C(=O)N[C@@H](CCCCN)C(=O)N[C@@H](CCC(N)=O)C(=O)N[C@@H](CCC(=O)O)C(=O)N[C@@H](C)C(=O)O)C(C)C. The zero-order valence-corrected chi connectivity index (χ0v) is 48.8. The highest BCUT2D eigenvalue weighted by atomic mass is 16.4. The Morgan fingerprint density at radius 3 is 1.37 bits per heavy atom. The topological polar surface area (TPSA) is 480 Å². The third-order valence-corrected chi connectivity index (χ3v) is 14.1. The molecule has 11 atom stereocenters. The van der Waals surface area contributed by atoms with Gasteiger partial charge in [-0.3, -0.25) is 67.1 Å². The molecule has 2 heterocycles. The number of carboxylic acid groups (broad SMARTS) is 3. The molecule has 0 aromatic rings. The number of nitrogens with zero attached hydrogens (tertiary/aromatic N) is 2. The number of unbranched alkanes of at least 4 members (excludes halogenated alkanes) is 1. The summed E-state index contributed by atoms with van der Waals surface area (Å²) in [5.41, 5.74) is 16.8. The number of nitrogens with one attached hydrogen (secondary N) is 8. The maximum Gasteiger partial charge on any atom is 0.325 e. The summed E-state index contributed by atoms with van der Waals surface area (Å²) < 4.78 is 0. The summed E-state index contributed by atoms with van der Waals surface area (Å²) in [5.74, 6) is -14.3. The molecule has 17 N–H and O–H groups in total. The number of carbonyl (C=O) groups excluding carboxylic acids is 11. The second-order valence-corrected chi connectivity index (χ2v) is 22.3. The summed E-state index contributed by atoms with van der Waals surface area (Å²) in [7, 11) is 0. The van der Waals surface area contributed by atoms with Crippen LogP contribution in [-0.4, -0.2) is 194 Å². The van der Waals surface area contributed by atoms with E-state index in [1.807, 2.05) is 0 Å². The first-order chi connectivity index (χ1) is 38.8. The zero-order valence-electron chi connectivity index (χ0n) is 48.8. The van der Waals surface area contributed by atoms with Crippen molar-refractivity contribution in [2.75, 3.05) is 19.6 Å². The maximum atomic E-state index is 14.4. The second kappa shape index (κ2) is 34.8. The molecule has 468 valence electrons. The molecule has 11 amide bonds. The zero-order chi connectivity index (χ0) is 63.0. The van der Waals surface area contributed by atoms with Gasteiger partial charge in [0.1, 0.15) is 60.4 Å². The van der Waals surface area contributed by atoms with E-state index < -0.39 is 193 Å². The van der Waals surface area contributed by atoms with Gasteiger partial charge in [0.25, 0.3) is 0 Å². The molecule has 2 rings (SSSR count). The third-order valence-electron chi connectivity index (χ3n) is 14.1. The van der Waals surface area contributed by atoms with Crippen LogP contribution in [0.15, 0.2) is 0 Å². The molecule has 2 saturated heterocycles. The minimum absolute atomic E-state index is 0.0519. The van der Waals surface area contributed by atoms with E-state index in [1.165, 1.54) is 16.7 Å². The van der Waals surface area contributed by atoms with Crippen LogP contribution in [0.1, 0.15) is 145 Å². The van der Waals surface area contributed by atoms with E-state index in [0.717, 1.165) is 6.92 Å². The summed E-state index contributed by atoms with van der Waals surface area (Å²) in [5, 5.41) is 48.2. The minimum atomic E-state index is -1.61. The van der Waals surface area contributed by atoms with E-state index in [9.17, 15) is 82.4 Å². The van der Waals surface area contributed by atoms with E-state index in [2.05, 4.69) is 42.5 Å². The number of likely N-dealkylation sites (tertiary alicyclic amines) is 2. The Hall–Kier alpha value is -7.50. The smallest absolute Gasteiger partial charge is 0.325 e. The van der Waals surface area contributed by atoms with Crippen LogP contribution in [0.5, 0.6) is 0 Å². The molecule has 83 heavy (non-hydrogen) atoms. The van der Waals surface area contributed by atoms with Crippen molar-refractivity contribution in [2.24, 2.45) is 35.0 Å². The van der Waals surface area contributed by atoms with Crippen molar-refractivity contribution in [3.63, 3.8) is 0 Å². The number of carboxylic acids is 3. The Bertz CT molecular complexity index is 2330. The van der Waals surface area contributed by atoms with Crippen LogP contribution in [-0.2, 0) is 67.1 Å². The maximum absolute atomic E-state index is 14.4. The number of rotatable bonds is 36. The normalized spacial score (nSPS) is 18.2. The van der Waals surface area contributed by atoms with Crippen molar-refractivity contribution in [2.45, 2.75) is 212 Å². The van der Waals surface area contributed by atoms with Gasteiger partial charge in [-0.05, 0) is 109 Å². The lowest BCUT2D eigenvalue weighted by molar-refractivity contribution is -0.145. The van der Waals surface area contributed by atoms with Crippen molar-refractivity contribution in [3.8, 4) is 0 Å². The van der Waals surface area contributed by atoms with Gasteiger partial charge >= 0.3 is 17.9 Å². The molecular weight excluding hydrogens is 1090 g/mol. The van der Waals surface area contributed by atoms with Gasteiger partial charge in [-0.25, -0.2) is 0 Å². The van der Waals surface area contributed by atoms with E-state index in [0.29, 0.717) is 19.3 Å². The summed E-state index contributed by atoms with van der Waals surface area (Å²) in [4.78, 5) is 187. The van der Waals surface area contributed by atoms with Crippen LogP contribution in [0.4, 0.5) is 0 Å². The van der Waals surface area contributed by atoms with Gasteiger partial charge in [0.05, 0.1) is 6.04 Å². The largest absolute Gasteiger partial charge is 0.481 e. The van der Waals surface area contributed by atoms with E-state index >= 15 is 0 Å². The summed E-state index contributed by atoms with van der Waals surface area (Å²) >= 11 is 0. The van der Waals surface area contributed by atoms with E-state index in [4.69, 9.17) is 17.2 Å². The Balaban J connectivity index is 2.36. The molecule has 0 radical (unpaired) electrons. The molecule has 0 aromatic heterocycles. The lowest BCUT2D eigenvalue weighted by Crippen LogP contribution is -2.61. The molecular formula is C53H89N13O17.